The van der Waals surface area contributed by atoms with E-state index in [-0.39, 0.29) is 0 Å². The second-order valence-electron chi connectivity index (χ2n) is 12.5. The Morgan fingerprint density at radius 3 is 1.65 bits per heavy atom. The van der Waals surface area contributed by atoms with Crippen LogP contribution >= 0.6 is 22.7 Å². The van der Waals surface area contributed by atoms with E-state index in [1.54, 1.807) is 0 Å². The molecule has 0 saturated carbocycles. The Hall–Kier alpha value is -5.74. The molecule has 0 radical (unpaired) electrons. The first-order chi connectivity index (χ1) is 24.3. The molecule has 0 bridgehead atoms. The Balaban J connectivity index is 1.27. The van der Waals surface area contributed by atoms with Crippen LogP contribution in [-0.2, 0) is 0 Å². The van der Waals surface area contributed by atoms with E-state index in [0.29, 0.717) is 0 Å². The average molecular weight is 660 g/mol. The summed E-state index contributed by atoms with van der Waals surface area (Å²) < 4.78 is 5.23. The number of thiophene rings is 2. The quantitative estimate of drug-likeness (QED) is 0.178. The zero-order valence-corrected chi connectivity index (χ0v) is 28.1. The first-order valence-electron chi connectivity index (χ1n) is 16.6. The molecule has 3 heteroatoms. The minimum Gasteiger partial charge on any atom is -0.309 e. The van der Waals surface area contributed by atoms with Gasteiger partial charge in [0, 0.05) is 51.5 Å². The summed E-state index contributed by atoms with van der Waals surface area (Å²) in [5.41, 5.74) is 8.28. The van der Waals surface area contributed by atoms with Crippen LogP contribution in [0.3, 0.4) is 0 Å². The van der Waals surface area contributed by atoms with Gasteiger partial charge in [0.15, 0.2) is 0 Å². The van der Waals surface area contributed by atoms with Crippen molar-refractivity contribution in [3.63, 3.8) is 0 Å². The molecule has 49 heavy (non-hydrogen) atoms. The molecule has 230 valence electrons. The first-order valence-corrected chi connectivity index (χ1v) is 18.2. The molecule has 0 aliphatic heterocycles. The zero-order chi connectivity index (χ0) is 32.3. The van der Waals surface area contributed by atoms with Gasteiger partial charge < -0.3 is 4.90 Å². The fourth-order valence-electron chi connectivity index (χ4n) is 7.41. The summed E-state index contributed by atoms with van der Waals surface area (Å²) in [7, 11) is 0. The Morgan fingerprint density at radius 2 is 0.857 bits per heavy atom. The van der Waals surface area contributed by atoms with Gasteiger partial charge in [-0.15, -0.1) is 22.7 Å². The Kier molecular flexibility index (Phi) is 6.61. The third-order valence-corrected chi connectivity index (χ3v) is 11.9. The molecule has 0 amide bonds. The lowest BCUT2D eigenvalue weighted by Crippen LogP contribution is -2.12. The second kappa shape index (κ2) is 11.5. The van der Waals surface area contributed by atoms with Gasteiger partial charge in [0.2, 0.25) is 0 Å². The van der Waals surface area contributed by atoms with Gasteiger partial charge in [-0.05, 0) is 76.5 Å². The number of rotatable bonds is 5. The van der Waals surface area contributed by atoms with E-state index in [2.05, 4.69) is 181 Å². The molecule has 0 aliphatic carbocycles. The maximum absolute atomic E-state index is 2.51. The van der Waals surface area contributed by atoms with Crippen molar-refractivity contribution in [3.05, 3.63) is 176 Å². The summed E-state index contributed by atoms with van der Waals surface area (Å²) in [4.78, 5) is 2.51. The van der Waals surface area contributed by atoms with Gasteiger partial charge in [0.05, 0.1) is 17.1 Å². The van der Waals surface area contributed by atoms with Gasteiger partial charge in [-0.2, -0.15) is 0 Å². The molecule has 10 aromatic rings. The number of hydrogen-bond donors (Lipinski definition) is 0. The van der Waals surface area contributed by atoms with Crippen LogP contribution < -0.4 is 4.90 Å². The molecule has 0 spiro atoms. The van der Waals surface area contributed by atoms with E-state index in [1.165, 1.54) is 79.1 Å². The van der Waals surface area contributed by atoms with Crippen LogP contribution in [0, 0.1) is 0 Å². The predicted octanol–water partition coefficient (Wildman–Crippen LogP) is 14.4. The summed E-state index contributed by atoms with van der Waals surface area (Å²) in [6.45, 7) is 0. The molecule has 0 saturated heterocycles. The first kappa shape index (κ1) is 28.3. The van der Waals surface area contributed by atoms with Gasteiger partial charge in [-0.25, -0.2) is 0 Å². The lowest BCUT2D eigenvalue weighted by atomic mass is 9.96. The van der Waals surface area contributed by atoms with Crippen molar-refractivity contribution < 1.29 is 0 Å². The van der Waals surface area contributed by atoms with Gasteiger partial charge >= 0.3 is 0 Å². The van der Waals surface area contributed by atoms with E-state index >= 15 is 0 Å². The molecule has 0 aliphatic rings. The number of anilines is 3. The molecular formula is C46H29NS2. The Labute approximate surface area is 292 Å². The topological polar surface area (TPSA) is 3.24 Å². The monoisotopic (exact) mass is 659 g/mol. The normalized spacial score (nSPS) is 11.7. The van der Waals surface area contributed by atoms with Crippen LogP contribution in [0.1, 0.15) is 0 Å². The van der Waals surface area contributed by atoms with E-state index in [9.17, 15) is 0 Å². The lowest BCUT2D eigenvalue weighted by Gasteiger charge is -2.30. The highest BCUT2D eigenvalue weighted by Crippen LogP contribution is 2.50. The number of nitrogens with zero attached hydrogens (tertiary/aromatic N) is 1. The van der Waals surface area contributed by atoms with Crippen molar-refractivity contribution in [2.75, 3.05) is 4.90 Å². The van der Waals surface area contributed by atoms with Gasteiger partial charge in [0.1, 0.15) is 0 Å². The standard InChI is InChI=1S/C46H29NS2/c1-2-13-31-28-32(25-24-30(31)12-1)34-14-3-7-18-39(34)47(41-20-11-23-45-46(41)37-17-6-10-22-43(37)49-45)40-19-8-4-15-35(40)33-26-27-44-38(29-33)36-16-5-9-21-42(36)48-44/h1-29H. The van der Waals surface area contributed by atoms with E-state index in [4.69, 9.17) is 0 Å². The maximum Gasteiger partial charge on any atom is 0.0555 e. The van der Waals surface area contributed by atoms with Crippen molar-refractivity contribution >= 4 is 90.9 Å². The summed E-state index contributed by atoms with van der Waals surface area (Å²) in [6.07, 6.45) is 0. The van der Waals surface area contributed by atoms with Gasteiger partial charge in [-0.1, -0.05) is 121 Å². The molecule has 2 heterocycles. The van der Waals surface area contributed by atoms with E-state index < -0.39 is 0 Å². The SMILES string of the molecule is c1ccc(N(c2ccccc2-c2ccc3sc4ccccc4c3c2)c2cccc3sc4ccccc4c23)c(-c2ccc3ccccc3c2)c1. The summed E-state index contributed by atoms with van der Waals surface area (Å²) >= 11 is 3.73. The van der Waals surface area contributed by atoms with Crippen molar-refractivity contribution in [1.29, 1.82) is 0 Å². The van der Waals surface area contributed by atoms with Crippen molar-refractivity contribution in [2.24, 2.45) is 0 Å². The number of benzene rings is 8. The highest BCUT2D eigenvalue weighted by atomic mass is 32.1. The van der Waals surface area contributed by atoms with Crippen LogP contribution in [0.2, 0.25) is 0 Å². The molecule has 10 rings (SSSR count). The molecule has 2 aromatic heterocycles. The molecular weight excluding hydrogens is 631 g/mol. The molecule has 0 fully saturated rings. The Morgan fingerprint density at radius 1 is 0.327 bits per heavy atom. The van der Waals surface area contributed by atoms with Gasteiger partial charge in [-0.3, -0.25) is 0 Å². The second-order valence-corrected chi connectivity index (χ2v) is 14.7. The van der Waals surface area contributed by atoms with Crippen LogP contribution in [0.25, 0.3) is 73.4 Å². The molecule has 0 unspecified atom stereocenters. The fourth-order valence-corrected chi connectivity index (χ4v) is 9.62. The van der Waals surface area contributed by atoms with Gasteiger partial charge in [0.25, 0.3) is 0 Å². The number of para-hydroxylation sites is 2. The summed E-state index contributed by atoms with van der Waals surface area (Å²) in [5.74, 6) is 0. The van der Waals surface area contributed by atoms with E-state index in [1.807, 2.05) is 22.7 Å². The molecule has 0 atom stereocenters. The number of fused-ring (bicyclic) bond motifs is 7. The number of hydrogen-bond acceptors (Lipinski definition) is 3. The van der Waals surface area contributed by atoms with Crippen molar-refractivity contribution in [1.82, 2.24) is 0 Å². The predicted molar refractivity (Wildman–Crippen MR) is 215 cm³/mol. The highest BCUT2D eigenvalue weighted by molar-refractivity contribution is 7.26. The minimum absolute atomic E-state index is 1.15. The summed E-state index contributed by atoms with van der Waals surface area (Å²) in [6, 6.07) is 64.6. The fraction of sp³-hybridized carbons (Fsp3) is 0. The molecule has 8 aromatic carbocycles. The lowest BCUT2D eigenvalue weighted by molar-refractivity contribution is 1.30. The average Bonchev–Trinajstić information content (AvgIpc) is 3.74. The Bertz CT molecular complexity index is 2860. The molecule has 0 N–H and O–H groups in total. The van der Waals surface area contributed by atoms with Crippen molar-refractivity contribution in [2.45, 2.75) is 0 Å². The maximum atomic E-state index is 2.51. The largest absolute Gasteiger partial charge is 0.309 e. The van der Waals surface area contributed by atoms with Crippen molar-refractivity contribution in [3.8, 4) is 22.3 Å². The third-order valence-electron chi connectivity index (χ3n) is 9.66. The highest BCUT2D eigenvalue weighted by Gasteiger charge is 2.23. The zero-order valence-electron chi connectivity index (χ0n) is 26.5. The molecule has 1 nitrogen and oxygen atoms in total. The van der Waals surface area contributed by atoms with Crippen LogP contribution in [0.5, 0.6) is 0 Å². The van der Waals surface area contributed by atoms with E-state index in [0.717, 1.165) is 11.4 Å². The van der Waals surface area contributed by atoms with Crippen LogP contribution in [0.4, 0.5) is 17.1 Å². The van der Waals surface area contributed by atoms with Crippen LogP contribution in [0.15, 0.2) is 176 Å². The third kappa shape index (κ3) is 4.66. The summed E-state index contributed by atoms with van der Waals surface area (Å²) in [5, 5.41) is 7.68. The van der Waals surface area contributed by atoms with Crippen LogP contribution in [-0.4, -0.2) is 0 Å². The smallest absolute Gasteiger partial charge is 0.0555 e. The minimum atomic E-state index is 1.15.